The first kappa shape index (κ1) is 13.6. The van der Waals surface area contributed by atoms with Crippen LogP contribution in [0.3, 0.4) is 0 Å². The zero-order valence-corrected chi connectivity index (χ0v) is 12.0. The van der Waals surface area contributed by atoms with Crippen LogP contribution in [-0.2, 0) is 7.05 Å². The van der Waals surface area contributed by atoms with Gasteiger partial charge >= 0.3 is 0 Å². The Morgan fingerprint density at radius 2 is 1.90 bits per heavy atom. The second kappa shape index (κ2) is 5.56. The van der Waals surface area contributed by atoms with E-state index >= 15 is 0 Å². The third-order valence-corrected chi connectivity index (χ3v) is 4.10. The maximum atomic E-state index is 12.5. The van der Waals surface area contributed by atoms with Crippen molar-refractivity contribution in [2.45, 2.75) is 12.3 Å². The summed E-state index contributed by atoms with van der Waals surface area (Å²) in [4.78, 5) is 26.3. The number of pyridine rings is 1. The summed E-state index contributed by atoms with van der Waals surface area (Å²) in [6.07, 6.45) is 2.61. The molecule has 0 spiro atoms. The number of carbonyl (C=O) groups is 1. The largest absolute Gasteiger partial charge is 0.338 e. The second-order valence-electron chi connectivity index (χ2n) is 5.49. The summed E-state index contributed by atoms with van der Waals surface area (Å²) in [6, 6.07) is 13.6. The van der Waals surface area contributed by atoms with E-state index in [1.54, 1.807) is 30.3 Å². The van der Waals surface area contributed by atoms with Gasteiger partial charge in [-0.05, 0) is 24.1 Å². The molecule has 0 bridgehead atoms. The number of likely N-dealkylation sites (tertiary alicyclic amines) is 1. The van der Waals surface area contributed by atoms with Crippen molar-refractivity contribution in [1.82, 2.24) is 9.47 Å². The van der Waals surface area contributed by atoms with Gasteiger partial charge in [0.25, 0.3) is 11.5 Å². The van der Waals surface area contributed by atoms with Crippen LogP contribution in [0.4, 0.5) is 0 Å². The van der Waals surface area contributed by atoms with Crippen molar-refractivity contribution in [3.05, 3.63) is 70.1 Å². The highest BCUT2D eigenvalue weighted by Gasteiger charge is 2.29. The maximum absolute atomic E-state index is 12.5. The Bertz CT molecular complexity index is 706. The molecule has 2 heterocycles. The minimum atomic E-state index is -0.231. The summed E-state index contributed by atoms with van der Waals surface area (Å²) in [6.45, 7) is 1.39. The lowest BCUT2D eigenvalue weighted by Gasteiger charge is -2.16. The van der Waals surface area contributed by atoms with Crippen LogP contribution in [-0.4, -0.2) is 28.5 Å². The predicted octanol–water partition coefficient (Wildman–Crippen LogP) is 2.02. The van der Waals surface area contributed by atoms with Crippen LogP contribution < -0.4 is 5.56 Å². The average molecular weight is 282 g/mol. The number of benzene rings is 1. The van der Waals surface area contributed by atoms with Crippen molar-refractivity contribution in [3.63, 3.8) is 0 Å². The van der Waals surface area contributed by atoms with Crippen molar-refractivity contribution in [1.29, 1.82) is 0 Å². The summed E-state index contributed by atoms with van der Waals surface area (Å²) in [7, 11) is 1.66. The van der Waals surface area contributed by atoms with Crippen molar-refractivity contribution in [2.75, 3.05) is 13.1 Å². The van der Waals surface area contributed by atoms with Crippen LogP contribution in [0.15, 0.2) is 53.5 Å². The smallest absolute Gasteiger partial charge is 0.263 e. The summed E-state index contributed by atoms with van der Waals surface area (Å²) < 4.78 is 1.44. The zero-order valence-electron chi connectivity index (χ0n) is 12.0. The fourth-order valence-corrected chi connectivity index (χ4v) is 2.87. The Kier molecular flexibility index (Phi) is 3.60. The number of aromatic nitrogens is 1. The molecule has 0 aliphatic carbocycles. The molecule has 1 unspecified atom stereocenters. The molecule has 1 atom stereocenters. The van der Waals surface area contributed by atoms with Crippen LogP contribution in [0.5, 0.6) is 0 Å². The van der Waals surface area contributed by atoms with E-state index in [-0.39, 0.29) is 17.0 Å². The highest BCUT2D eigenvalue weighted by Crippen LogP contribution is 2.27. The molecule has 0 radical (unpaired) electrons. The van der Waals surface area contributed by atoms with Crippen LogP contribution in [0.1, 0.15) is 28.3 Å². The molecular formula is C17H18N2O2. The minimum absolute atomic E-state index is 0.158. The number of nitrogens with zero attached hydrogens (tertiary/aromatic N) is 2. The van der Waals surface area contributed by atoms with E-state index in [9.17, 15) is 9.59 Å². The lowest BCUT2D eigenvalue weighted by atomic mass is 9.99. The van der Waals surface area contributed by atoms with Gasteiger partial charge in [-0.2, -0.15) is 0 Å². The molecule has 1 fully saturated rings. The molecule has 0 saturated carbocycles. The van der Waals surface area contributed by atoms with Crippen LogP contribution >= 0.6 is 0 Å². The molecule has 4 heteroatoms. The van der Waals surface area contributed by atoms with E-state index in [2.05, 4.69) is 12.1 Å². The molecule has 3 rings (SSSR count). The lowest BCUT2D eigenvalue weighted by Crippen LogP contribution is -2.34. The van der Waals surface area contributed by atoms with Gasteiger partial charge in [0.05, 0.1) is 0 Å². The third kappa shape index (κ3) is 2.61. The Morgan fingerprint density at radius 1 is 1.14 bits per heavy atom. The first-order chi connectivity index (χ1) is 10.2. The number of aryl methyl sites for hydroxylation is 1. The molecule has 4 nitrogen and oxygen atoms in total. The zero-order chi connectivity index (χ0) is 14.8. The highest BCUT2D eigenvalue weighted by molar-refractivity contribution is 5.94. The number of amides is 1. The van der Waals surface area contributed by atoms with Crippen LogP contribution in [0.2, 0.25) is 0 Å². The van der Waals surface area contributed by atoms with Crippen molar-refractivity contribution >= 4 is 5.91 Å². The Balaban J connectivity index is 1.79. The summed E-state index contributed by atoms with van der Waals surface area (Å²) in [5, 5.41) is 0. The molecule has 21 heavy (non-hydrogen) atoms. The van der Waals surface area contributed by atoms with Crippen molar-refractivity contribution in [2.24, 2.45) is 7.05 Å². The SMILES string of the molecule is Cn1cccc(C(=O)N2CCC(c3ccccc3)C2)c1=O. The van der Waals surface area contributed by atoms with E-state index in [0.717, 1.165) is 6.42 Å². The second-order valence-corrected chi connectivity index (χ2v) is 5.49. The normalized spacial score (nSPS) is 18.0. The van der Waals surface area contributed by atoms with Gasteiger partial charge in [-0.1, -0.05) is 30.3 Å². The Hall–Kier alpha value is -2.36. The van der Waals surface area contributed by atoms with Gasteiger partial charge in [0.15, 0.2) is 0 Å². The molecular weight excluding hydrogens is 264 g/mol. The first-order valence-corrected chi connectivity index (χ1v) is 7.16. The topological polar surface area (TPSA) is 42.3 Å². The Labute approximate surface area is 123 Å². The number of carbonyl (C=O) groups excluding carboxylic acids is 1. The highest BCUT2D eigenvalue weighted by atomic mass is 16.2. The molecule has 1 saturated heterocycles. The fraction of sp³-hybridized carbons (Fsp3) is 0.294. The van der Waals surface area contributed by atoms with Gasteiger partial charge in [-0.3, -0.25) is 9.59 Å². The number of hydrogen-bond donors (Lipinski definition) is 0. The standard InChI is InChI=1S/C17H18N2O2/c1-18-10-5-8-15(16(18)20)17(21)19-11-9-14(12-19)13-6-3-2-4-7-13/h2-8,10,14H,9,11-12H2,1H3. The Morgan fingerprint density at radius 3 is 2.67 bits per heavy atom. The molecule has 1 amide bonds. The summed E-state index contributed by atoms with van der Waals surface area (Å²) >= 11 is 0. The summed E-state index contributed by atoms with van der Waals surface area (Å²) in [5.41, 5.74) is 1.29. The van der Waals surface area contributed by atoms with E-state index in [1.165, 1.54) is 10.1 Å². The van der Waals surface area contributed by atoms with Gasteiger partial charge < -0.3 is 9.47 Å². The molecule has 2 aromatic rings. The van der Waals surface area contributed by atoms with Gasteiger partial charge in [-0.25, -0.2) is 0 Å². The van der Waals surface area contributed by atoms with Gasteiger partial charge in [-0.15, -0.1) is 0 Å². The number of rotatable bonds is 2. The lowest BCUT2D eigenvalue weighted by molar-refractivity contribution is 0.0788. The molecule has 1 aromatic carbocycles. The van der Waals surface area contributed by atoms with Gasteiger partial charge in [0.1, 0.15) is 5.56 Å². The molecule has 1 aromatic heterocycles. The fourth-order valence-electron chi connectivity index (χ4n) is 2.87. The van der Waals surface area contributed by atoms with Gasteiger partial charge in [0, 0.05) is 32.3 Å². The van der Waals surface area contributed by atoms with E-state index in [0.29, 0.717) is 19.0 Å². The average Bonchev–Trinajstić information content (AvgIpc) is 3.00. The molecule has 0 N–H and O–H groups in total. The van der Waals surface area contributed by atoms with Gasteiger partial charge in [0.2, 0.25) is 0 Å². The van der Waals surface area contributed by atoms with E-state index < -0.39 is 0 Å². The van der Waals surface area contributed by atoms with E-state index in [4.69, 9.17) is 0 Å². The monoisotopic (exact) mass is 282 g/mol. The van der Waals surface area contributed by atoms with E-state index in [1.807, 2.05) is 18.2 Å². The van der Waals surface area contributed by atoms with Crippen molar-refractivity contribution < 1.29 is 4.79 Å². The number of hydrogen-bond acceptors (Lipinski definition) is 2. The maximum Gasteiger partial charge on any atom is 0.263 e. The predicted molar refractivity (Wildman–Crippen MR) is 81.4 cm³/mol. The van der Waals surface area contributed by atoms with Crippen molar-refractivity contribution in [3.8, 4) is 0 Å². The molecule has 108 valence electrons. The first-order valence-electron chi connectivity index (χ1n) is 7.16. The van der Waals surface area contributed by atoms with Crippen LogP contribution in [0, 0.1) is 0 Å². The third-order valence-electron chi connectivity index (χ3n) is 4.10. The van der Waals surface area contributed by atoms with Crippen LogP contribution in [0.25, 0.3) is 0 Å². The molecule has 1 aliphatic rings. The summed E-state index contributed by atoms with van der Waals surface area (Å²) in [5.74, 6) is 0.206. The molecule has 1 aliphatic heterocycles. The minimum Gasteiger partial charge on any atom is -0.338 e. The quantitative estimate of drug-likeness (QED) is 0.845.